The van der Waals surface area contributed by atoms with Crippen molar-refractivity contribution in [3.8, 4) is 0 Å². The average molecular weight is 319 g/mol. The second kappa shape index (κ2) is 7.41. The van der Waals surface area contributed by atoms with E-state index in [0.29, 0.717) is 6.04 Å². The molecule has 1 atom stereocenters. The van der Waals surface area contributed by atoms with E-state index in [0.717, 1.165) is 19.3 Å². The van der Waals surface area contributed by atoms with E-state index in [-0.39, 0.29) is 0 Å². The van der Waals surface area contributed by atoms with Crippen molar-refractivity contribution in [2.24, 2.45) is 0 Å². The number of hydrogen-bond donors (Lipinski definition) is 1. The van der Waals surface area contributed by atoms with Gasteiger partial charge in [-0.1, -0.05) is 34.1 Å². The molecule has 0 bridgehead atoms. The van der Waals surface area contributed by atoms with Crippen molar-refractivity contribution in [1.29, 1.82) is 0 Å². The van der Waals surface area contributed by atoms with Gasteiger partial charge in [-0.2, -0.15) is 0 Å². The zero-order valence-corrected chi connectivity index (χ0v) is 12.7. The Kier molecular flexibility index (Phi) is 5.55. The number of nitrogens with zero attached hydrogens (tertiary/aromatic N) is 1. The van der Waals surface area contributed by atoms with Crippen LogP contribution in [0.5, 0.6) is 0 Å². The monoisotopic (exact) mass is 318 g/mol. The highest BCUT2D eigenvalue weighted by atomic mass is 79.9. The number of nitrogens with one attached hydrogen (secondary N) is 1. The maximum atomic E-state index is 4.05. The summed E-state index contributed by atoms with van der Waals surface area (Å²) in [5.74, 6) is 0. The topological polar surface area (TPSA) is 24.9 Å². The summed E-state index contributed by atoms with van der Waals surface area (Å²) in [6, 6.07) is 13.1. The summed E-state index contributed by atoms with van der Waals surface area (Å²) >= 11 is 3.61. The molecule has 0 amide bonds. The SMILES string of the molecule is CNC(CCc1ccncc1)Cc1ccccc1Br. The molecule has 1 unspecified atom stereocenters. The number of aromatic nitrogens is 1. The quantitative estimate of drug-likeness (QED) is 0.880. The normalized spacial score (nSPS) is 12.3. The van der Waals surface area contributed by atoms with Crippen molar-refractivity contribution >= 4 is 15.9 Å². The molecular formula is C16H19BrN2. The van der Waals surface area contributed by atoms with Crippen LogP contribution in [0.1, 0.15) is 17.5 Å². The molecule has 2 rings (SSSR count). The van der Waals surface area contributed by atoms with E-state index in [4.69, 9.17) is 0 Å². The van der Waals surface area contributed by atoms with Crippen molar-refractivity contribution in [3.05, 3.63) is 64.4 Å². The van der Waals surface area contributed by atoms with Gasteiger partial charge in [-0.15, -0.1) is 0 Å². The number of pyridine rings is 1. The first kappa shape index (κ1) is 14.2. The van der Waals surface area contributed by atoms with E-state index in [1.54, 1.807) is 0 Å². The predicted octanol–water partition coefficient (Wildman–Crippen LogP) is 3.61. The minimum absolute atomic E-state index is 0.492. The molecule has 1 heterocycles. The summed E-state index contributed by atoms with van der Waals surface area (Å²) in [6.45, 7) is 0. The van der Waals surface area contributed by atoms with Crippen LogP contribution in [0.4, 0.5) is 0 Å². The summed E-state index contributed by atoms with van der Waals surface area (Å²) in [7, 11) is 2.04. The van der Waals surface area contributed by atoms with Gasteiger partial charge >= 0.3 is 0 Å². The standard InChI is InChI=1S/C16H19BrN2/c1-18-15(7-6-13-8-10-19-11-9-13)12-14-4-2-3-5-16(14)17/h2-5,8-11,15,18H,6-7,12H2,1H3. The predicted molar refractivity (Wildman–Crippen MR) is 83.3 cm³/mol. The van der Waals surface area contributed by atoms with Crippen molar-refractivity contribution in [1.82, 2.24) is 10.3 Å². The molecule has 0 spiro atoms. The van der Waals surface area contributed by atoms with E-state index in [1.807, 2.05) is 19.4 Å². The molecule has 0 aliphatic carbocycles. The van der Waals surface area contributed by atoms with Gasteiger partial charge in [-0.25, -0.2) is 0 Å². The maximum Gasteiger partial charge on any atom is 0.0270 e. The fourth-order valence-electron chi connectivity index (χ4n) is 2.17. The van der Waals surface area contributed by atoms with Gasteiger partial charge in [0.25, 0.3) is 0 Å². The molecule has 0 saturated heterocycles. The number of aryl methyl sites for hydroxylation is 1. The summed E-state index contributed by atoms with van der Waals surface area (Å²) < 4.78 is 1.19. The molecule has 1 aromatic carbocycles. The summed E-state index contributed by atoms with van der Waals surface area (Å²) in [6.07, 6.45) is 6.97. The number of hydrogen-bond acceptors (Lipinski definition) is 2. The Hall–Kier alpha value is -1.19. The maximum absolute atomic E-state index is 4.05. The van der Waals surface area contributed by atoms with Gasteiger partial charge in [0.05, 0.1) is 0 Å². The van der Waals surface area contributed by atoms with Gasteiger partial charge in [-0.05, 0) is 55.6 Å². The Balaban J connectivity index is 1.92. The summed E-state index contributed by atoms with van der Waals surface area (Å²) in [5.41, 5.74) is 2.71. The van der Waals surface area contributed by atoms with Crippen LogP contribution in [-0.2, 0) is 12.8 Å². The van der Waals surface area contributed by atoms with Crippen LogP contribution in [0.2, 0.25) is 0 Å². The van der Waals surface area contributed by atoms with E-state index in [1.165, 1.54) is 15.6 Å². The van der Waals surface area contributed by atoms with Crippen molar-refractivity contribution in [2.45, 2.75) is 25.3 Å². The molecule has 0 fully saturated rings. The van der Waals surface area contributed by atoms with Crippen LogP contribution < -0.4 is 5.32 Å². The highest BCUT2D eigenvalue weighted by molar-refractivity contribution is 9.10. The molecule has 0 radical (unpaired) electrons. The lowest BCUT2D eigenvalue weighted by Crippen LogP contribution is -2.28. The first-order valence-corrected chi connectivity index (χ1v) is 7.38. The molecule has 2 aromatic rings. The smallest absolute Gasteiger partial charge is 0.0270 e. The van der Waals surface area contributed by atoms with Gasteiger partial charge in [-0.3, -0.25) is 4.98 Å². The second-order valence-corrected chi connectivity index (χ2v) is 5.53. The molecule has 0 aliphatic rings. The van der Waals surface area contributed by atoms with E-state index in [9.17, 15) is 0 Å². The third-order valence-electron chi connectivity index (χ3n) is 3.36. The Morgan fingerprint density at radius 1 is 1.16 bits per heavy atom. The lowest BCUT2D eigenvalue weighted by atomic mass is 10.00. The zero-order chi connectivity index (χ0) is 13.5. The number of rotatable bonds is 6. The van der Waals surface area contributed by atoms with Gasteiger partial charge in [0.1, 0.15) is 0 Å². The molecule has 1 N–H and O–H groups in total. The molecule has 3 heteroatoms. The minimum atomic E-state index is 0.492. The molecule has 19 heavy (non-hydrogen) atoms. The van der Waals surface area contributed by atoms with Gasteiger partial charge < -0.3 is 5.32 Å². The van der Waals surface area contributed by atoms with Gasteiger partial charge in [0.2, 0.25) is 0 Å². The Labute approximate surface area is 123 Å². The fraction of sp³-hybridized carbons (Fsp3) is 0.312. The van der Waals surface area contributed by atoms with Crippen molar-refractivity contribution in [3.63, 3.8) is 0 Å². The van der Waals surface area contributed by atoms with Crippen LogP contribution >= 0.6 is 15.9 Å². The third kappa shape index (κ3) is 4.44. The lowest BCUT2D eigenvalue weighted by Gasteiger charge is -2.17. The number of benzene rings is 1. The third-order valence-corrected chi connectivity index (χ3v) is 4.14. The first-order valence-electron chi connectivity index (χ1n) is 6.59. The van der Waals surface area contributed by atoms with Gasteiger partial charge in [0.15, 0.2) is 0 Å². The minimum Gasteiger partial charge on any atom is -0.317 e. The Morgan fingerprint density at radius 3 is 2.58 bits per heavy atom. The van der Waals surface area contributed by atoms with Crippen LogP contribution in [0.25, 0.3) is 0 Å². The van der Waals surface area contributed by atoms with Crippen molar-refractivity contribution < 1.29 is 0 Å². The average Bonchev–Trinajstić information content (AvgIpc) is 2.46. The molecule has 100 valence electrons. The van der Waals surface area contributed by atoms with Crippen LogP contribution in [0.15, 0.2) is 53.3 Å². The highest BCUT2D eigenvalue weighted by Gasteiger charge is 2.09. The molecule has 2 nitrogen and oxygen atoms in total. The Bertz CT molecular complexity index is 499. The molecule has 0 saturated carbocycles. The molecule has 0 aliphatic heterocycles. The molecular weight excluding hydrogens is 300 g/mol. The summed E-state index contributed by atoms with van der Waals surface area (Å²) in [5, 5.41) is 3.41. The van der Waals surface area contributed by atoms with Crippen LogP contribution in [-0.4, -0.2) is 18.1 Å². The van der Waals surface area contributed by atoms with E-state index < -0.39 is 0 Å². The molecule has 1 aromatic heterocycles. The van der Waals surface area contributed by atoms with Crippen molar-refractivity contribution in [2.75, 3.05) is 7.05 Å². The largest absolute Gasteiger partial charge is 0.317 e. The highest BCUT2D eigenvalue weighted by Crippen LogP contribution is 2.18. The number of halogens is 1. The van der Waals surface area contributed by atoms with Crippen LogP contribution in [0.3, 0.4) is 0 Å². The number of likely N-dealkylation sites (N-methyl/N-ethyl adjacent to an activating group) is 1. The lowest BCUT2D eigenvalue weighted by molar-refractivity contribution is 0.519. The summed E-state index contributed by atoms with van der Waals surface area (Å²) in [4.78, 5) is 4.05. The fourth-order valence-corrected chi connectivity index (χ4v) is 2.61. The van der Waals surface area contributed by atoms with E-state index in [2.05, 4.69) is 62.6 Å². The Morgan fingerprint density at radius 2 is 1.89 bits per heavy atom. The second-order valence-electron chi connectivity index (χ2n) is 4.68. The van der Waals surface area contributed by atoms with Gasteiger partial charge in [0, 0.05) is 22.9 Å². The van der Waals surface area contributed by atoms with Crippen LogP contribution in [0, 0.1) is 0 Å². The zero-order valence-electron chi connectivity index (χ0n) is 11.1. The van der Waals surface area contributed by atoms with E-state index >= 15 is 0 Å². The first-order chi connectivity index (χ1) is 9.29.